The topological polar surface area (TPSA) is 92.4 Å². The van der Waals surface area contributed by atoms with Crippen molar-refractivity contribution in [2.45, 2.75) is 33.1 Å². The van der Waals surface area contributed by atoms with Crippen molar-refractivity contribution in [2.24, 2.45) is 11.8 Å². The number of hydrogen-bond donors (Lipinski definition) is 2. The van der Waals surface area contributed by atoms with Gasteiger partial charge >= 0.3 is 5.97 Å². The second-order valence-electron chi connectivity index (χ2n) is 6.04. The van der Waals surface area contributed by atoms with Gasteiger partial charge in [-0.2, -0.15) is 0 Å². The van der Waals surface area contributed by atoms with Gasteiger partial charge in [0.05, 0.1) is 5.92 Å². The lowest BCUT2D eigenvalue weighted by atomic mass is 9.97. The van der Waals surface area contributed by atoms with Crippen LogP contribution in [0.1, 0.15) is 32.6 Å². The summed E-state index contributed by atoms with van der Waals surface area (Å²) in [6.45, 7) is 4.08. The number of carbonyl (C=O) groups excluding carboxylic acids is 1. The van der Waals surface area contributed by atoms with Crippen LogP contribution in [0.2, 0.25) is 0 Å². The predicted molar refractivity (Wildman–Crippen MR) is 85.9 cm³/mol. The fraction of sp³-hybridized carbons (Fsp3) is 0.471. The average molecular weight is 318 g/mol. The number of benzene rings is 1. The number of nitrogens with one attached hydrogen (secondary N) is 1. The molecule has 0 radical (unpaired) electrons. The summed E-state index contributed by atoms with van der Waals surface area (Å²) in [5, 5.41) is 11.8. The first kappa shape index (κ1) is 17.0. The number of amides is 1. The molecule has 0 aliphatic carbocycles. The third kappa shape index (κ3) is 5.09. The number of oxazole rings is 1. The molecular formula is C17H22N2O4. The third-order valence-electron chi connectivity index (χ3n) is 3.55. The lowest BCUT2D eigenvalue weighted by Crippen LogP contribution is -2.33. The highest BCUT2D eigenvalue weighted by atomic mass is 16.4. The van der Waals surface area contributed by atoms with Gasteiger partial charge in [0.2, 0.25) is 5.91 Å². The molecule has 1 aromatic heterocycles. The van der Waals surface area contributed by atoms with Crippen molar-refractivity contribution in [3.63, 3.8) is 0 Å². The zero-order valence-corrected chi connectivity index (χ0v) is 13.4. The van der Waals surface area contributed by atoms with Crippen molar-refractivity contribution in [1.29, 1.82) is 0 Å². The van der Waals surface area contributed by atoms with Gasteiger partial charge in [-0.15, -0.1) is 0 Å². The van der Waals surface area contributed by atoms with Crippen LogP contribution >= 0.6 is 0 Å². The highest BCUT2D eigenvalue weighted by molar-refractivity contribution is 5.77. The molecule has 0 aliphatic rings. The van der Waals surface area contributed by atoms with Gasteiger partial charge in [-0.25, -0.2) is 4.98 Å². The van der Waals surface area contributed by atoms with Crippen LogP contribution in [0.4, 0.5) is 0 Å². The van der Waals surface area contributed by atoms with Crippen LogP contribution in [0.5, 0.6) is 0 Å². The van der Waals surface area contributed by atoms with E-state index in [1.165, 1.54) is 0 Å². The Bertz CT molecular complexity index is 645. The minimum absolute atomic E-state index is 0.153. The quantitative estimate of drug-likeness (QED) is 0.780. The van der Waals surface area contributed by atoms with Crippen molar-refractivity contribution >= 4 is 23.0 Å². The zero-order valence-electron chi connectivity index (χ0n) is 13.4. The number of rotatable bonds is 8. The summed E-state index contributed by atoms with van der Waals surface area (Å²) in [4.78, 5) is 27.3. The number of fused-ring (bicyclic) bond motifs is 1. The number of carbonyl (C=O) groups is 2. The molecule has 2 rings (SSSR count). The molecule has 23 heavy (non-hydrogen) atoms. The molecular weight excluding hydrogens is 296 g/mol. The first-order chi connectivity index (χ1) is 11.0. The Hall–Kier alpha value is -2.37. The second kappa shape index (κ2) is 7.76. The summed E-state index contributed by atoms with van der Waals surface area (Å²) in [5.41, 5.74) is 1.47. The maximum atomic E-state index is 11.9. The third-order valence-corrected chi connectivity index (χ3v) is 3.55. The number of nitrogens with zero attached hydrogens (tertiary/aromatic N) is 1. The molecule has 0 saturated heterocycles. The SMILES string of the molecule is CC(C)CC(CNC(=O)CCc1nc2ccccc2o1)C(=O)O. The largest absolute Gasteiger partial charge is 0.481 e. The summed E-state index contributed by atoms with van der Waals surface area (Å²) in [6, 6.07) is 7.42. The zero-order chi connectivity index (χ0) is 16.8. The highest BCUT2D eigenvalue weighted by Crippen LogP contribution is 2.15. The van der Waals surface area contributed by atoms with Crippen LogP contribution in [0.25, 0.3) is 11.1 Å². The maximum absolute atomic E-state index is 11.9. The fourth-order valence-electron chi connectivity index (χ4n) is 2.41. The molecule has 1 heterocycles. The van der Waals surface area contributed by atoms with Crippen LogP contribution in [-0.4, -0.2) is 28.5 Å². The van der Waals surface area contributed by atoms with Gasteiger partial charge in [-0.1, -0.05) is 26.0 Å². The number of aromatic nitrogens is 1. The standard InChI is InChI=1S/C17H22N2O4/c1-11(2)9-12(17(21)22)10-18-15(20)7-8-16-19-13-5-3-4-6-14(13)23-16/h3-6,11-12H,7-10H2,1-2H3,(H,18,20)(H,21,22). The van der Waals surface area contributed by atoms with Crippen molar-refractivity contribution in [2.75, 3.05) is 6.54 Å². The van der Waals surface area contributed by atoms with E-state index in [1.54, 1.807) is 0 Å². The van der Waals surface area contributed by atoms with E-state index in [9.17, 15) is 9.59 Å². The normalized spacial score (nSPS) is 12.5. The summed E-state index contributed by atoms with van der Waals surface area (Å²) >= 11 is 0. The Morgan fingerprint density at radius 2 is 2.04 bits per heavy atom. The summed E-state index contributed by atoms with van der Waals surface area (Å²) in [5.74, 6) is -0.838. The van der Waals surface area contributed by atoms with Gasteiger partial charge in [0.15, 0.2) is 11.5 Å². The number of aliphatic carboxylic acids is 1. The second-order valence-corrected chi connectivity index (χ2v) is 6.04. The van der Waals surface area contributed by atoms with Gasteiger partial charge in [0.25, 0.3) is 0 Å². The average Bonchev–Trinajstić information content (AvgIpc) is 2.91. The van der Waals surface area contributed by atoms with E-state index < -0.39 is 11.9 Å². The molecule has 0 bridgehead atoms. The van der Waals surface area contributed by atoms with Gasteiger partial charge in [0, 0.05) is 19.4 Å². The van der Waals surface area contributed by atoms with E-state index in [1.807, 2.05) is 38.1 Å². The van der Waals surface area contributed by atoms with Crippen LogP contribution in [0, 0.1) is 11.8 Å². The molecule has 124 valence electrons. The van der Waals surface area contributed by atoms with Crippen molar-refractivity contribution < 1.29 is 19.1 Å². The number of para-hydroxylation sites is 2. The fourth-order valence-corrected chi connectivity index (χ4v) is 2.41. The first-order valence-electron chi connectivity index (χ1n) is 7.79. The lowest BCUT2D eigenvalue weighted by Gasteiger charge is -2.15. The van der Waals surface area contributed by atoms with Crippen LogP contribution in [-0.2, 0) is 16.0 Å². The van der Waals surface area contributed by atoms with Gasteiger partial charge < -0.3 is 14.8 Å². The Kier molecular flexibility index (Phi) is 5.73. The molecule has 6 heteroatoms. The Morgan fingerprint density at radius 1 is 1.30 bits per heavy atom. The van der Waals surface area contributed by atoms with Gasteiger partial charge in [-0.05, 0) is 24.5 Å². The summed E-state index contributed by atoms with van der Waals surface area (Å²) < 4.78 is 5.55. The smallest absolute Gasteiger partial charge is 0.308 e. The van der Waals surface area contributed by atoms with E-state index in [2.05, 4.69) is 10.3 Å². The molecule has 6 nitrogen and oxygen atoms in total. The molecule has 1 aromatic carbocycles. The Morgan fingerprint density at radius 3 is 2.70 bits per heavy atom. The molecule has 2 N–H and O–H groups in total. The molecule has 1 amide bonds. The van der Waals surface area contributed by atoms with E-state index in [4.69, 9.17) is 9.52 Å². The van der Waals surface area contributed by atoms with Crippen LogP contribution in [0.3, 0.4) is 0 Å². The van der Waals surface area contributed by atoms with Crippen LogP contribution < -0.4 is 5.32 Å². The summed E-state index contributed by atoms with van der Waals surface area (Å²) in [6.07, 6.45) is 1.16. The summed E-state index contributed by atoms with van der Waals surface area (Å²) in [7, 11) is 0. The molecule has 2 aromatic rings. The van der Waals surface area contributed by atoms with Gasteiger partial charge in [0.1, 0.15) is 5.52 Å². The number of hydrogen-bond acceptors (Lipinski definition) is 4. The molecule has 0 saturated carbocycles. The van der Waals surface area contributed by atoms with Crippen molar-refractivity contribution in [1.82, 2.24) is 10.3 Å². The minimum atomic E-state index is -0.877. The molecule has 0 spiro atoms. The van der Waals surface area contributed by atoms with E-state index >= 15 is 0 Å². The Labute approximate surface area is 134 Å². The van der Waals surface area contributed by atoms with E-state index in [-0.39, 0.29) is 24.8 Å². The molecule has 1 unspecified atom stereocenters. The number of aryl methyl sites for hydroxylation is 1. The first-order valence-corrected chi connectivity index (χ1v) is 7.79. The van der Waals surface area contributed by atoms with Crippen LogP contribution in [0.15, 0.2) is 28.7 Å². The predicted octanol–water partition coefficient (Wildman–Crippen LogP) is 2.62. The van der Waals surface area contributed by atoms with E-state index in [0.717, 1.165) is 5.52 Å². The minimum Gasteiger partial charge on any atom is -0.481 e. The molecule has 0 aliphatic heterocycles. The number of carboxylic acid groups (broad SMARTS) is 1. The van der Waals surface area contributed by atoms with Gasteiger partial charge in [-0.3, -0.25) is 9.59 Å². The lowest BCUT2D eigenvalue weighted by molar-refractivity contribution is -0.142. The maximum Gasteiger partial charge on any atom is 0.308 e. The van der Waals surface area contributed by atoms with Crippen molar-refractivity contribution in [3.05, 3.63) is 30.2 Å². The number of carboxylic acids is 1. The molecule has 0 fully saturated rings. The highest BCUT2D eigenvalue weighted by Gasteiger charge is 2.19. The monoisotopic (exact) mass is 318 g/mol. The molecule has 1 atom stereocenters. The van der Waals surface area contributed by atoms with Crippen molar-refractivity contribution in [3.8, 4) is 0 Å². The van der Waals surface area contributed by atoms with E-state index in [0.29, 0.717) is 24.3 Å². The Balaban J connectivity index is 1.81.